The highest BCUT2D eigenvalue weighted by atomic mass is 16.7. The van der Waals surface area contributed by atoms with Gasteiger partial charge in [0.05, 0.1) is 0 Å². The van der Waals surface area contributed by atoms with Crippen LogP contribution >= 0.6 is 0 Å². The zero-order valence-corrected chi connectivity index (χ0v) is 25.0. The van der Waals surface area contributed by atoms with Gasteiger partial charge in [-0.1, -0.05) is 18.2 Å². The predicted molar refractivity (Wildman–Crippen MR) is 154 cm³/mol. The van der Waals surface area contributed by atoms with Gasteiger partial charge in [0, 0.05) is 44.2 Å². The zero-order valence-electron chi connectivity index (χ0n) is 25.0. The Bertz CT molecular complexity index is 1670. The topological polar surface area (TPSA) is 183 Å². The van der Waals surface area contributed by atoms with Crippen LogP contribution in [0.4, 0.5) is 5.69 Å². The summed E-state index contributed by atoms with van der Waals surface area (Å²) in [6, 6.07) is 12.9. The molecule has 238 valence electrons. The van der Waals surface area contributed by atoms with Crippen molar-refractivity contribution in [1.29, 1.82) is 0 Å². The van der Waals surface area contributed by atoms with Crippen LogP contribution in [0.1, 0.15) is 43.6 Å². The SMILES string of the molecule is CC(=O)OC[C@H]1O[C@H](Oc2ccc3cc(NC(=O)c4ccccc4)c(=O)oc3c2C)[C@@H](OC(C)=O)[C@@H](OC(C)=O)[C@@H]1OC(C)=O. The fourth-order valence-electron chi connectivity index (χ4n) is 4.71. The van der Waals surface area contributed by atoms with Crippen LogP contribution < -0.4 is 15.7 Å². The number of carbonyl (C=O) groups excluding carboxylic acids is 5. The van der Waals surface area contributed by atoms with E-state index in [9.17, 15) is 28.8 Å². The van der Waals surface area contributed by atoms with Crippen molar-refractivity contribution in [3.05, 3.63) is 70.1 Å². The Kier molecular flexibility index (Phi) is 10.2. The van der Waals surface area contributed by atoms with E-state index < -0.39 is 72.7 Å². The van der Waals surface area contributed by atoms with Gasteiger partial charge in [-0.25, -0.2) is 4.79 Å². The second-order valence-corrected chi connectivity index (χ2v) is 10.1. The molecule has 1 aliphatic rings. The molecule has 1 fully saturated rings. The average Bonchev–Trinajstić information content (AvgIpc) is 2.97. The van der Waals surface area contributed by atoms with Crippen molar-refractivity contribution < 1.29 is 56.8 Å². The van der Waals surface area contributed by atoms with Crippen LogP contribution in [0.15, 0.2) is 57.7 Å². The van der Waals surface area contributed by atoms with Crippen molar-refractivity contribution >= 4 is 46.4 Å². The molecule has 5 atom stereocenters. The lowest BCUT2D eigenvalue weighted by molar-refractivity contribution is -0.288. The quantitative estimate of drug-likeness (QED) is 0.208. The first kappa shape index (κ1) is 32.7. The van der Waals surface area contributed by atoms with E-state index in [1.807, 2.05) is 0 Å². The average molecular weight is 626 g/mol. The van der Waals surface area contributed by atoms with Crippen LogP contribution in [-0.4, -0.2) is 67.1 Å². The van der Waals surface area contributed by atoms with Crippen LogP contribution in [0.3, 0.4) is 0 Å². The molecule has 0 aliphatic carbocycles. The lowest BCUT2D eigenvalue weighted by Gasteiger charge is -2.44. The van der Waals surface area contributed by atoms with Gasteiger partial charge in [-0.2, -0.15) is 0 Å². The van der Waals surface area contributed by atoms with Gasteiger partial charge in [-0.15, -0.1) is 0 Å². The molecule has 0 spiro atoms. The van der Waals surface area contributed by atoms with E-state index in [4.69, 9.17) is 32.8 Å². The maximum absolute atomic E-state index is 12.8. The molecule has 3 aromatic rings. The van der Waals surface area contributed by atoms with Gasteiger partial charge in [-0.05, 0) is 37.3 Å². The Morgan fingerprint density at radius 2 is 1.42 bits per heavy atom. The molecule has 2 heterocycles. The highest BCUT2D eigenvalue weighted by Crippen LogP contribution is 2.34. The molecule has 1 aromatic heterocycles. The Hall–Kier alpha value is -5.24. The number of amides is 1. The number of ether oxygens (including phenoxy) is 6. The number of benzene rings is 2. The van der Waals surface area contributed by atoms with Gasteiger partial charge in [0.25, 0.3) is 5.91 Å². The summed E-state index contributed by atoms with van der Waals surface area (Å²) in [7, 11) is 0. The Labute approximate surface area is 256 Å². The number of aryl methyl sites for hydroxylation is 1. The van der Waals surface area contributed by atoms with Crippen molar-refractivity contribution in [1.82, 2.24) is 0 Å². The molecule has 0 unspecified atom stereocenters. The molecule has 14 nitrogen and oxygen atoms in total. The number of carbonyl (C=O) groups is 5. The molecule has 45 heavy (non-hydrogen) atoms. The standard InChI is InChI=1S/C31H31NO13/c1-15-23(12-11-21-13-22(30(38)45-25(15)21)32-29(37)20-9-7-6-8-10-20)43-31-28(42-19(5)36)27(41-18(4)35)26(40-17(3)34)24(44-31)14-39-16(2)33/h6-13,24,26-28,31H,14H2,1-5H3,(H,32,37)/t24-,26-,27+,28+,31+/m1/s1. The Balaban J connectivity index is 1.69. The molecule has 14 heteroatoms. The molecule has 1 amide bonds. The monoisotopic (exact) mass is 625 g/mol. The molecule has 2 aromatic carbocycles. The van der Waals surface area contributed by atoms with Gasteiger partial charge in [0.15, 0.2) is 12.2 Å². The van der Waals surface area contributed by atoms with E-state index in [0.29, 0.717) is 16.5 Å². The van der Waals surface area contributed by atoms with E-state index in [1.54, 1.807) is 43.3 Å². The number of hydrogen-bond donors (Lipinski definition) is 1. The summed E-state index contributed by atoms with van der Waals surface area (Å²) in [6.07, 6.45) is -6.94. The number of esters is 4. The van der Waals surface area contributed by atoms with Gasteiger partial charge < -0.3 is 38.2 Å². The first-order chi connectivity index (χ1) is 21.3. The third-order valence-corrected chi connectivity index (χ3v) is 6.58. The minimum atomic E-state index is -1.49. The van der Waals surface area contributed by atoms with E-state index in [-0.39, 0.29) is 17.0 Å². The number of anilines is 1. The summed E-state index contributed by atoms with van der Waals surface area (Å²) >= 11 is 0. The lowest BCUT2D eigenvalue weighted by atomic mass is 9.98. The molecule has 1 aliphatic heterocycles. The fourth-order valence-corrected chi connectivity index (χ4v) is 4.71. The van der Waals surface area contributed by atoms with Crippen LogP contribution in [0, 0.1) is 6.92 Å². The first-order valence-electron chi connectivity index (χ1n) is 13.7. The second-order valence-electron chi connectivity index (χ2n) is 10.1. The summed E-state index contributed by atoms with van der Waals surface area (Å²) in [6.45, 7) is 5.65. The summed E-state index contributed by atoms with van der Waals surface area (Å²) in [4.78, 5) is 73.2. The van der Waals surface area contributed by atoms with Crippen molar-refractivity contribution in [3.8, 4) is 5.75 Å². The van der Waals surface area contributed by atoms with Crippen molar-refractivity contribution in [2.45, 2.75) is 65.3 Å². The highest BCUT2D eigenvalue weighted by molar-refractivity contribution is 6.04. The fraction of sp³-hybridized carbons (Fsp3) is 0.355. The van der Waals surface area contributed by atoms with E-state index in [0.717, 1.165) is 27.7 Å². The van der Waals surface area contributed by atoms with E-state index >= 15 is 0 Å². The van der Waals surface area contributed by atoms with E-state index in [1.165, 1.54) is 12.1 Å². The largest absolute Gasteiger partial charge is 0.463 e. The van der Waals surface area contributed by atoms with Gasteiger partial charge in [-0.3, -0.25) is 24.0 Å². The molecule has 0 bridgehead atoms. The zero-order chi connectivity index (χ0) is 32.8. The smallest absolute Gasteiger partial charge is 0.360 e. The molecule has 4 rings (SSSR count). The second kappa shape index (κ2) is 14.0. The minimum Gasteiger partial charge on any atom is -0.463 e. The summed E-state index contributed by atoms with van der Waals surface area (Å²) in [5.41, 5.74) is -0.0932. The Morgan fingerprint density at radius 3 is 2.04 bits per heavy atom. The minimum absolute atomic E-state index is 0.0796. The molecule has 0 saturated carbocycles. The van der Waals surface area contributed by atoms with Gasteiger partial charge in [0.2, 0.25) is 12.4 Å². The van der Waals surface area contributed by atoms with Crippen LogP contribution in [0.2, 0.25) is 0 Å². The number of hydrogen-bond acceptors (Lipinski definition) is 13. The predicted octanol–water partition coefficient (Wildman–Crippen LogP) is 2.82. The number of rotatable bonds is 9. The first-order valence-corrected chi connectivity index (χ1v) is 13.7. The molecule has 0 radical (unpaired) electrons. The maximum atomic E-state index is 12.8. The summed E-state index contributed by atoms with van der Waals surface area (Å²) in [5, 5.41) is 3.00. The van der Waals surface area contributed by atoms with Crippen molar-refractivity contribution in [3.63, 3.8) is 0 Å². The van der Waals surface area contributed by atoms with Crippen LogP contribution in [-0.2, 0) is 42.9 Å². The van der Waals surface area contributed by atoms with Crippen LogP contribution in [0.25, 0.3) is 11.0 Å². The number of nitrogens with one attached hydrogen (secondary N) is 1. The summed E-state index contributed by atoms with van der Waals surface area (Å²) in [5.74, 6) is -3.39. The molecule has 1 saturated heterocycles. The highest BCUT2D eigenvalue weighted by Gasteiger charge is 2.53. The van der Waals surface area contributed by atoms with E-state index in [2.05, 4.69) is 5.32 Å². The maximum Gasteiger partial charge on any atom is 0.360 e. The molecule has 1 N–H and O–H groups in total. The normalized spacial score (nSPS) is 20.9. The molecular formula is C31H31NO13. The molecular weight excluding hydrogens is 594 g/mol. The summed E-state index contributed by atoms with van der Waals surface area (Å²) < 4.78 is 38.9. The number of fused-ring (bicyclic) bond motifs is 1. The Morgan fingerprint density at radius 1 is 0.800 bits per heavy atom. The van der Waals surface area contributed by atoms with Gasteiger partial charge in [0.1, 0.15) is 29.7 Å². The van der Waals surface area contributed by atoms with Crippen molar-refractivity contribution in [2.24, 2.45) is 0 Å². The van der Waals surface area contributed by atoms with Crippen LogP contribution in [0.5, 0.6) is 5.75 Å². The van der Waals surface area contributed by atoms with Gasteiger partial charge >= 0.3 is 29.5 Å². The lowest BCUT2D eigenvalue weighted by Crippen LogP contribution is -2.63. The third-order valence-electron chi connectivity index (χ3n) is 6.58. The van der Waals surface area contributed by atoms with Crippen molar-refractivity contribution in [2.75, 3.05) is 11.9 Å². The third kappa shape index (κ3) is 8.03.